The molecule has 86 valence electrons. The van der Waals surface area contributed by atoms with Crippen LogP contribution in [0.2, 0.25) is 0 Å². The van der Waals surface area contributed by atoms with Crippen LogP contribution in [0.25, 0.3) is 0 Å². The summed E-state index contributed by atoms with van der Waals surface area (Å²) in [7, 11) is 0. The summed E-state index contributed by atoms with van der Waals surface area (Å²) in [5.41, 5.74) is 5.65. The van der Waals surface area contributed by atoms with E-state index in [4.69, 9.17) is 5.73 Å². The van der Waals surface area contributed by atoms with Crippen LogP contribution >= 0.6 is 0 Å². The van der Waals surface area contributed by atoms with Crippen molar-refractivity contribution in [3.63, 3.8) is 0 Å². The summed E-state index contributed by atoms with van der Waals surface area (Å²) in [6.45, 7) is 0.572. The van der Waals surface area contributed by atoms with E-state index in [1.807, 2.05) is 0 Å². The minimum atomic E-state index is -0.559. The van der Waals surface area contributed by atoms with Gasteiger partial charge in [0.15, 0.2) is 6.20 Å². The van der Waals surface area contributed by atoms with E-state index < -0.39 is 4.92 Å². The summed E-state index contributed by atoms with van der Waals surface area (Å²) < 4.78 is 0. The molecular formula is C9H12N4O3. The van der Waals surface area contributed by atoms with E-state index in [0.29, 0.717) is 25.1 Å². The van der Waals surface area contributed by atoms with E-state index in [2.05, 4.69) is 10.3 Å². The van der Waals surface area contributed by atoms with Crippen LogP contribution in [0.4, 0.5) is 11.5 Å². The first-order valence-corrected chi connectivity index (χ1v) is 4.72. The molecule has 0 aliphatic rings. The maximum Gasteiger partial charge on any atom is 0.363 e. The zero-order valence-corrected chi connectivity index (χ0v) is 8.55. The highest BCUT2D eigenvalue weighted by Gasteiger charge is 2.05. The van der Waals surface area contributed by atoms with Gasteiger partial charge in [-0.1, -0.05) is 0 Å². The molecule has 1 aromatic heterocycles. The quantitative estimate of drug-likeness (QED) is 0.419. The largest absolute Gasteiger partial charge is 0.382 e. The van der Waals surface area contributed by atoms with Gasteiger partial charge in [-0.3, -0.25) is 4.79 Å². The summed E-state index contributed by atoms with van der Waals surface area (Å²) >= 11 is 0. The fourth-order valence-electron chi connectivity index (χ4n) is 1.09. The SMILES string of the molecule is NC(=O)CCCNc1ccc([N+](=O)[O-])nc1. The van der Waals surface area contributed by atoms with Gasteiger partial charge in [0.25, 0.3) is 0 Å². The van der Waals surface area contributed by atoms with E-state index >= 15 is 0 Å². The first-order valence-electron chi connectivity index (χ1n) is 4.72. The zero-order valence-electron chi connectivity index (χ0n) is 8.55. The molecule has 0 saturated carbocycles. The first-order chi connectivity index (χ1) is 7.59. The van der Waals surface area contributed by atoms with E-state index in [1.54, 1.807) is 6.07 Å². The smallest absolute Gasteiger partial charge is 0.363 e. The van der Waals surface area contributed by atoms with Gasteiger partial charge < -0.3 is 21.2 Å². The van der Waals surface area contributed by atoms with Gasteiger partial charge in [0, 0.05) is 19.0 Å². The molecule has 16 heavy (non-hydrogen) atoms. The van der Waals surface area contributed by atoms with E-state index in [1.165, 1.54) is 12.3 Å². The summed E-state index contributed by atoms with van der Waals surface area (Å²) in [5.74, 6) is -0.536. The second kappa shape index (κ2) is 5.64. The number of carbonyl (C=O) groups excluding carboxylic acids is 1. The van der Waals surface area contributed by atoms with Gasteiger partial charge in [0.05, 0.1) is 5.69 Å². The number of carbonyl (C=O) groups is 1. The minimum Gasteiger partial charge on any atom is -0.382 e. The number of amides is 1. The summed E-state index contributed by atoms with van der Waals surface area (Å²) in [4.78, 5) is 23.8. The number of aromatic nitrogens is 1. The Bertz CT molecular complexity index is 377. The van der Waals surface area contributed by atoms with Crippen molar-refractivity contribution in [2.45, 2.75) is 12.8 Å². The number of anilines is 1. The Morgan fingerprint density at radius 2 is 2.31 bits per heavy atom. The van der Waals surface area contributed by atoms with Crippen LogP contribution in [0.15, 0.2) is 18.3 Å². The molecule has 7 nitrogen and oxygen atoms in total. The molecule has 1 heterocycles. The third kappa shape index (κ3) is 3.91. The molecule has 0 atom stereocenters. The topological polar surface area (TPSA) is 111 Å². The Labute approximate surface area is 91.8 Å². The number of nitro groups is 1. The van der Waals surface area contributed by atoms with Crippen LogP contribution < -0.4 is 11.1 Å². The van der Waals surface area contributed by atoms with Crippen molar-refractivity contribution < 1.29 is 9.72 Å². The Kier molecular flexibility index (Phi) is 4.19. The number of nitrogens with one attached hydrogen (secondary N) is 1. The lowest BCUT2D eigenvalue weighted by Gasteiger charge is -2.02. The van der Waals surface area contributed by atoms with E-state index in [-0.39, 0.29) is 11.7 Å². The summed E-state index contributed by atoms with van der Waals surface area (Å²) in [6, 6.07) is 2.88. The molecule has 7 heteroatoms. The minimum absolute atomic E-state index is 0.192. The molecule has 0 bridgehead atoms. The van der Waals surface area contributed by atoms with E-state index in [0.717, 1.165) is 0 Å². The molecule has 0 spiro atoms. The standard InChI is InChI=1S/C9H12N4O3/c10-8(14)2-1-5-11-7-3-4-9(12-6-7)13(15)16/h3-4,6,11H,1-2,5H2,(H2,10,14). The van der Waals surface area contributed by atoms with Crippen LogP contribution in [0.5, 0.6) is 0 Å². The number of nitrogens with zero attached hydrogens (tertiary/aromatic N) is 2. The second-order valence-corrected chi connectivity index (χ2v) is 3.16. The molecule has 0 aromatic carbocycles. The molecule has 0 saturated heterocycles. The monoisotopic (exact) mass is 224 g/mol. The molecular weight excluding hydrogens is 212 g/mol. The number of primary amides is 1. The fourth-order valence-corrected chi connectivity index (χ4v) is 1.09. The lowest BCUT2D eigenvalue weighted by molar-refractivity contribution is -0.389. The lowest BCUT2D eigenvalue weighted by Crippen LogP contribution is -2.12. The number of nitrogens with two attached hydrogens (primary N) is 1. The Morgan fingerprint density at radius 3 is 2.81 bits per heavy atom. The van der Waals surface area contributed by atoms with Crippen LogP contribution in [0, 0.1) is 10.1 Å². The van der Waals surface area contributed by atoms with Gasteiger partial charge in [-0.2, -0.15) is 0 Å². The van der Waals surface area contributed by atoms with Gasteiger partial charge in [-0.05, 0) is 22.4 Å². The molecule has 1 rings (SSSR count). The molecule has 0 radical (unpaired) electrons. The van der Waals surface area contributed by atoms with E-state index in [9.17, 15) is 14.9 Å². The number of pyridine rings is 1. The van der Waals surface area contributed by atoms with Gasteiger partial charge in [0.2, 0.25) is 5.91 Å². The maximum absolute atomic E-state index is 10.4. The number of rotatable bonds is 6. The van der Waals surface area contributed by atoms with Crippen LogP contribution in [-0.2, 0) is 4.79 Å². The molecule has 0 aliphatic carbocycles. The number of hydrogen-bond donors (Lipinski definition) is 2. The Balaban J connectivity index is 2.38. The summed E-state index contributed by atoms with van der Waals surface area (Å²) in [5, 5.41) is 13.3. The molecule has 0 fully saturated rings. The highest BCUT2D eigenvalue weighted by Crippen LogP contribution is 2.11. The van der Waals surface area contributed by atoms with Crippen molar-refractivity contribution in [2.75, 3.05) is 11.9 Å². The van der Waals surface area contributed by atoms with Gasteiger partial charge >= 0.3 is 5.82 Å². The number of hydrogen-bond acceptors (Lipinski definition) is 5. The predicted octanol–water partition coefficient (Wildman–Crippen LogP) is 0.667. The van der Waals surface area contributed by atoms with Crippen LogP contribution in [-0.4, -0.2) is 22.4 Å². The zero-order chi connectivity index (χ0) is 12.0. The predicted molar refractivity (Wildman–Crippen MR) is 57.8 cm³/mol. The van der Waals surface area contributed by atoms with Crippen molar-refractivity contribution >= 4 is 17.4 Å². The Morgan fingerprint density at radius 1 is 1.56 bits per heavy atom. The third-order valence-electron chi connectivity index (χ3n) is 1.86. The van der Waals surface area contributed by atoms with Gasteiger partial charge in [-0.15, -0.1) is 0 Å². The first kappa shape index (κ1) is 11.9. The van der Waals surface area contributed by atoms with Crippen molar-refractivity contribution in [2.24, 2.45) is 5.73 Å². The molecule has 1 amide bonds. The summed E-state index contributed by atoms with van der Waals surface area (Å²) in [6.07, 6.45) is 2.31. The fraction of sp³-hybridized carbons (Fsp3) is 0.333. The highest BCUT2D eigenvalue weighted by molar-refractivity contribution is 5.73. The van der Waals surface area contributed by atoms with Crippen molar-refractivity contribution in [3.05, 3.63) is 28.4 Å². The molecule has 3 N–H and O–H groups in total. The lowest BCUT2D eigenvalue weighted by atomic mass is 10.3. The highest BCUT2D eigenvalue weighted by atomic mass is 16.6. The van der Waals surface area contributed by atoms with Crippen molar-refractivity contribution in [3.8, 4) is 0 Å². The van der Waals surface area contributed by atoms with Crippen molar-refractivity contribution in [1.29, 1.82) is 0 Å². The normalized spacial score (nSPS) is 9.75. The van der Waals surface area contributed by atoms with Gasteiger partial charge in [-0.25, -0.2) is 0 Å². The molecule has 1 aromatic rings. The molecule has 0 aliphatic heterocycles. The van der Waals surface area contributed by atoms with Crippen LogP contribution in [0.1, 0.15) is 12.8 Å². The van der Waals surface area contributed by atoms with Gasteiger partial charge in [0.1, 0.15) is 0 Å². The van der Waals surface area contributed by atoms with Crippen LogP contribution in [0.3, 0.4) is 0 Å². The second-order valence-electron chi connectivity index (χ2n) is 3.16. The Hall–Kier alpha value is -2.18. The average molecular weight is 224 g/mol. The average Bonchev–Trinajstić information content (AvgIpc) is 2.25. The maximum atomic E-state index is 10.4. The van der Waals surface area contributed by atoms with Crippen molar-refractivity contribution in [1.82, 2.24) is 4.98 Å². The third-order valence-corrected chi connectivity index (χ3v) is 1.86. The molecule has 0 unspecified atom stereocenters.